The van der Waals surface area contributed by atoms with Crippen LogP contribution in [0.25, 0.3) is 0 Å². The van der Waals surface area contributed by atoms with E-state index in [1.54, 1.807) is 0 Å². The topological polar surface area (TPSA) is 18.5 Å². The Morgan fingerprint density at radius 2 is 1.06 bits per heavy atom. The van der Waals surface area contributed by atoms with Gasteiger partial charge < -0.3 is 9.05 Å². The maximum absolute atomic E-state index is 5.41. The van der Waals surface area contributed by atoms with Gasteiger partial charge in [0.15, 0.2) is 9.03 Å². The van der Waals surface area contributed by atoms with Crippen LogP contribution in [0.4, 0.5) is 0 Å². The lowest BCUT2D eigenvalue weighted by Crippen LogP contribution is -1.89. The van der Waals surface area contributed by atoms with E-state index in [4.69, 9.17) is 9.05 Å². The van der Waals surface area contributed by atoms with Crippen molar-refractivity contribution in [2.45, 2.75) is 84.5 Å². The predicted molar refractivity (Wildman–Crippen MR) is 82.4 cm³/mol. The summed E-state index contributed by atoms with van der Waals surface area (Å²) in [5.41, 5.74) is 0. The molecule has 0 aliphatic rings. The summed E-state index contributed by atoms with van der Waals surface area (Å²) in [4.78, 5) is 0. The van der Waals surface area contributed by atoms with E-state index in [0.717, 1.165) is 19.6 Å². The largest absolute Gasteiger partial charge is 0.336 e. The van der Waals surface area contributed by atoms with E-state index >= 15 is 0 Å². The van der Waals surface area contributed by atoms with Gasteiger partial charge in [0.1, 0.15) is 0 Å². The van der Waals surface area contributed by atoms with E-state index < -0.39 is 0 Å². The maximum Gasteiger partial charge on any atom is 0.155 e. The van der Waals surface area contributed by atoms with Crippen molar-refractivity contribution >= 4 is 9.03 Å². The van der Waals surface area contributed by atoms with Crippen molar-refractivity contribution in [1.82, 2.24) is 0 Å². The molecule has 0 aliphatic carbocycles. The molecular weight excluding hydrogens is 243 g/mol. The normalized spacial score (nSPS) is 11.7. The molecule has 0 bridgehead atoms. The zero-order valence-corrected chi connectivity index (χ0v) is 13.5. The standard InChI is InChI=1S/C15H33O2P/c1-3-5-6-7-8-9-10-11-12-13-15-17-18-16-14-4-2/h18H,3-15H2,1-2H3. The van der Waals surface area contributed by atoms with Gasteiger partial charge in [-0.3, -0.25) is 0 Å². The van der Waals surface area contributed by atoms with Crippen LogP contribution < -0.4 is 0 Å². The zero-order valence-electron chi connectivity index (χ0n) is 12.5. The van der Waals surface area contributed by atoms with Gasteiger partial charge in [0.25, 0.3) is 0 Å². The molecule has 0 aromatic carbocycles. The number of rotatable bonds is 15. The summed E-state index contributed by atoms with van der Waals surface area (Å²) in [5, 5.41) is 0. The molecule has 1 atom stereocenters. The average molecular weight is 276 g/mol. The van der Waals surface area contributed by atoms with Crippen LogP contribution >= 0.6 is 9.03 Å². The summed E-state index contributed by atoms with van der Waals surface area (Å²) in [6.07, 6.45) is 14.8. The van der Waals surface area contributed by atoms with Crippen molar-refractivity contribution in [3.8, 4) is 0 Å². The Hall–Kier alpha value is 0.350. The van der Waals surface area contributed by atoms with Gasteiger partial charge >= 0.3 is 0 Å². The smallest absolute Gasteiger partial charge is 0.155 e. The summed E-state index contributed by atoms with van der Waals surface area (Å²) in [7, 11) is 0.251. The van der Waals surface area contributed by atoms with E-state index in [2.05, 4.69) is 13.8 Å². The fourth-order valence-corrected chi connectivity index (χ4v) is 2.49. The van der Waals surface area contributed by atoms with E-state index in [1.165, 1.54) is 64.2 Å². The first-order valence-corrected chi connectivity index (χ1v) is 8.72. The van der Waals surface area contributed by atoms with Gasteiger partial charge in [-0.1, -0.05) is 71.6 Å². The second kappa shape index (κ2) is 17.4. The molecule has 0 saturated heterocycles. The minimum absolute atomic E-state index is 0.251. The average Bonchev–Trinajstić information content (AvgIpc) is 2.39. The SMILES string of the molecule is CCCCCCCCCCCCOPOCCC. The number of hydrogen-bond donors (Lipinski definition) is 0. The van der Waals surface area contributed by atoms with Gasteiger partial charge in [-0.05, 0) is 12.8 Å². The zero-order chi connectivity index (χ0) is 13.3. The van der Waals surface area contributed by atoms with Crippen LogP contribution in [-0.4, -0.2) is 13.2 Å². The van der Waals surface area contributed by atoms with Crippen LogP contribution in [0.1, 0.15) is 84.5 Å². The van der Waals surface area contributed by atoms with Crippen LogP contribution in [0.2, 0.25) is 0 Å². The molecule has 0 radical (unpaired) electrons. The third-order valence-electron chi connectivity index (χ3n) is 3.02. The molecule has 0 N–H and O–H groups in total. The molecule has 0 amide bonds. The van der Waals surface area contributed by atoms with Crippen LogP contribution in [0, 0.1) is 0 Å². The minimum atomic E-state index is 0.251. The summed E-state index contributed by atoms with van der Waals surface area (Å²) in [6, 6.07) is 0. The molecule has 0 aromatic heterocycles. The van der Waals surface area contributed by atoms with Crippen molar-refractivity contribution in [2.24, 2.45) is 0 Å². The Balaban J connectivity index is 2.86. The van der Waals surface area contributed by atoms with Crippen LogP contribution in [0.5, 0.6) is 0 Å². The van der Waals surface area contributed by atoms with Crippen molar-refractivity contribution in [3.05, 3.63) is 0 Å². The third kappa shape index (κ3) is 16.4. The Kier molecular flexibility index (Phi) is 17.7. The first-order valence-electron chi connectivity index (χ1n) is 7.90. The highest BCUT2D eigenvalue weighted by molar-refractivity contribution is 7.26. The number of unbranched alkanes of at least 4 members (excludes halogenated alkanes) is 9. The molecule has 0 heterocycles. The fourth-order valence-electron chi connectivity index (χ4n) is 1.89. The monoisotopic (exact) mass is 276 g/mol. The lowest BCUT2D eigenvalue weighted by Gasteiger charge is -2.04. The molecular formula is C15H33O2P. The molecule has 0 fully saturated rings. The highest BCUT2D eigenvalue weighted by Gasteiger charge is 1.93. The van der Waals surface area contributed by atoms with Crippen LogP contribution in [0.15, 0.2) is 0 Å². The fraction of sp³-hybridized carbons (Fsp3) is 1.00. The van der Waals surface area contributed by atoms with Gasteiger partial charge in [-0.25, -0.2) is 0 Å². The van der Waals surface area contributed by atoms with Gasteiger partial charge in [0, 0.05) is 0 Å². The lowest BCUT2D eigenvalue weighted by molar-refractivity contribution is 0.261. The quantitative estimate of drug-likeness (QED) is 0.275. The van der Waals surface area contributed by atoms with Crippen molar-refractivity contribution in [3.63, 3.8) is 0 Å². The molecule has 0 rings (SSSR count). The molecule has 1 unspecified atom stereocenters. The molecule has 0 aliphatic heterocycles. The van der Waals surface area contributed by atoms with Crippen LogP contribution in [0.3, 0.4) is 0 Å². The van der Waals surface area contributed by atoms with E-state index in [0.29, 0.717) is 0 Å². The minimum Gasteiger partial charge on any atom is -0.336 e. The van der Waals surface area contributed by atoms with Crippen molar-refractivity contribution < 1.29 is 9.05 Å². The summed E-state index contributed by atoms with van der Waals surface area (Å²) in [6.45, 7) is 6.10. The summed E-state index contributed by atoms with van der Waals surface area (Å²) < 4.78 is 10.7. The lowest BCUT2D eigenvalue weighted by atomic mass is 10.1. The Morgan fingerprint density at radius 1 is 0.556 bits per heavy atom. The van der Waals surface area contributed by atoms with E-state index in [-0.39, 0.29) is 9.03 Å². The highest BCUT2D eigenvalue weighted by atomic mass is 31.1. The van der Waals surface area contributed by atoms with E-state index in [1.807, 2.05) is 0 Å². The van der Waals surface area contributed by atoms with Crippen molar-refractivity contribution in [1.29, 1.82) is 0 Å². The van der Waals surface area contributed by atoms with Gasteiger partial charge in [0.2, 0.25) is 0 Å². The van der Waals surface area contributed by atoms with Crippen LogP contribution in [-0.2, 0) is 9.05 Å². The predicted octanol–water partition coefficient (Wildman–Crippen LogP) is 5.86. The molecule has 110 valence electrons. The molecule has 0 saturated carbocycles. The molecule has 2 nitrogen and oxygen atoms in total. The molecule has 0 spiro atoms. The van der Waals surface area contributed by atoms with E-state index in [9.17, 15) is 0 Å². The highest BCUT2D eigenvalue weighted by Crippen LogP contribution is 2.15. The maximum atomic E-state index is 5.41. The summed E-state index contributed by atoms with van der Waals surface area (Å²) >= 11 is 0. The Morgan fingerprint density at radius 3 is 1.61 bits per heavy atom. The Bertz CT molecular complexity index is 126. The first-order chi connectivity index (χ1) is 8.91. The van der Waals surface area contributed by atoms with Gasteiger partial charge in [-0.2, -0.15) is 0 Å². The van der Waals surface area contributed by atoms with Gasteiger partial charge in [0.05, 0.1) is 13.2 Å². The Labute approximate surface area is 116 Å². The first kappa shape index (κ1) is 18.4. The second-order valence-electron chi connectivity index (χ2n) is 4.96. The molecule has 0 aromatic rings. The second-order valence-corrected chi connectivity index (χ2v) is 5.71. The molecule has 18 heavy (non-hydrogen) atoms. The third-order valence-corrected chi connectivity index (χ3v) is 3.67. The summed E-state index contributed by atoms with van der Waals surface area (Å²) in [5.74, 6) is 0. The van der Waals surface area contributed by atoms with Crippen molar-refractivity contribution in [2.75, 3.05) is 13.2 Å². The number of hydrogen-bond acceptors (Lipinski definition) is 2. The van der Waals surface area contributed by atoms with Gasteiger partial charge in [-0.15, -0.1) is 0 Å². The molecule has 3 heteroatoms.